The van der Waals surface area contributed by atoms with Gasteiger partial charge in [-0.05, 0) is 42.2 Å². The standard InChI is InChI=1S/C12H17N/c1-10-5-6-12(10,2)8-11-4-3-7-13-9-11/h3-4,7,9-10H,5-6,8H2,1-2H3. The van der Waals surface area contributed by atoms with Crippen molar-refractivity contribution in [3.05, 3.63) is 30.1 Å². The van der Waals surface area contributed by atoms with Gasteiger partial charge in [0.05, 0.1) is 0 Å². The molecule has 2 unspecified atom stereocenters. The van der Waals surface area contributed by atoms with Gasteiger partial charge in [0.2, 0.25) is 0 Å². The lowest BCUT2D eigenvalue weighted by atomic mass is 9.60. The predicted molar refractivity (Wildman–Crippen MR) is 54.4 cm³/mol. The first kappa shape index (κ1) is 8.74. The molecular weight excluding hydrogens is 158 g/mol. The van der Waals surface area contributed by atoms with Crippen molar-refractivity contribution in [2.75, 3.05) is 0 Å². The molecule has 0 saturated heterocycles. The Bertz CT molecular complexity index is 280. The molecule has 1 aromatic rings. The first-order chi connectivity index (χ1) is 6.21. The molecule has 70 valence electrons. The largest absolute Gasteiger partial charge is 0.264 e. The summed E-state index contributed by atoms with van der Waals surface area (Å²) in [5, 5.41) is 0. The average Bonchev–Trinajstić information content (AvgIpc) is 2.17. The van der Waals surface area contributed by atoms with Gasteiger partial charge < -0.3 is 0 Å². The molecule has 1 nitrogen and oxygen atoms in total. The van der Waals surface area contributed by atoms with Crippen LogP contribution in [0.3, 0.4) is 0 Å². The van der Waals surface area contributed by atoms with Gasteiger partial charge in [-0.15, -0.1) is 0 Å². The minimum atomic E-state index is 0.545. The first-order valence-electron chi connectivity index (χ1n) is 5.10. The Morgan fingerprint density at radius 3 is 2.92 bits per heavy atom. The van der Waals surface area contributed by atoms with Crippen molar-refractivity contribution in [1.82, 2.24) is 4.98 Å². The van der Waals surface area contributed by atoms with E-state index >= 15 is 0 Å². The third-order valence-electron chi connectivity index (χ3n) is 3.67. The van der Waals surface area contributed by atoms with Crippen LogP contribution in [0.2, 0.25) is 0 Å². The maximum Gasteiger partial charge on any atom is 0.0300 e. The molecule has 2 rings (SSSR count). The Hall–Kier alpha value is -0.850. The van der Waals surface area contributed by atoms with Gasteiger partial charge in [0.25, 0.3) is 0 Å². The molecule has 1 heteroatoms. The van der Waals surface area contributed by atoms with E-state index in [0.717, 1.165) is 5.92 Å². The van der Waals surface area contributed by atoms with Crippen molar-refractivity contribution < 1.29 is 0 Å². The Labute approximate surface area is 80.2 Å². The summed E-state index contributed by atoms with van der Waals surface area (Å²) >= 11 is 0. The van der Waals surface area contributed by atoms with E-state index in [9.17, 15) is 0 Å². The van der Waals surface area contributed by atoms with Gasteiger partial charge in [-0.25, -0.2) is 0 Å². The Morgan fingerprint density at radius 2 is 2.46 bits per heavy atom. The van der Waals surface area contributed by atoms with E-state index in [4.69, 9.17) is 0 Å². The molecule has 0 spiro atoms. The topological polar surface area (TPSA) is 12.9 Å². The van der Waals surface area contributed by atoms with Crippen molar-refractivity contribution >= 4 is 0 Å². The zero-order valence-corrected chi connectivity index (χ0v) is 8.46. The van der Waals surface area contributed by atoms with E-state index in [1.807, 2.05) is 18.5 Å². The average molecular weight is 175 g/mol. The molecule has 0 aromatic carbocycles. The maximum absolute atomic E-state index is 4.15. The summed E-state index contributed by atoms with van der Waals surface area (Å²) in [5.41, 5.74) is 1.93. The Balaban J connectivity index is 2.06. The number of aromatic nitrogens is 1. The number of nitrogens with zero attached hydrogens (tertiary/aromatic N) is 1. The van der Waals surface area contributed by atoms with Crippen LogP contribution in [0.1, 0.15) is 32.3 Å². The molecule has 1 aliphatic rings. The van der Waals surface area contributed by atoms with Gasteiger partial charge in [0.1, 0.15) is 0 Å². The van der Waals surface area contributed by atoms with Crippen molar-refractivity contribution in [2.45, 2.75) is 33.1 Å². The van der Waals surface area contributed by atoms with E-state index in [-0.39, 0.29) is 0 Å². The fraction of sp³-hybridized carbons (Fsp3) is 0.583. The highest BCUT2D eigenvalue weighted by Crippen LogP contribution is 2.48. The molecule has 1 fully saturated rings. The van der Waals surface area contributed by atoms with E-state index in [2.05, 4.69) is 24.9 Å². The molecule has 1 heterocycles. The summed E-state index contributed by atoms with van der Waals surface area (Å²) in [6, 6.07) is 4.21. The Kier molecular flexibility index (Phi) is 2.10. The van der Waals surface area contributed by atoms with Gasteiger partial charge in [0, 0.05) is 12.4 Å². The van der Waals surface area contributed by atoms with Crippen molar-refractivity contribution in [2.24, 2.45) is 11.3 Å². The molecule has 0 amide bonds. The van der Waals surface area contributed by atoms with Crippen LogP contribution in [0.5, 0.6) is 0 Å². The first-order valence-corrected chi connectivity index (χ1v) is 5.10. The second kappa shape index (κ2) is 3.13. The normalized spacial score (nSPS) is 32.6. The summed E-state index contributed by atoms with van der Waals surface area (Å²) in [5.74, 6) is 0.882. The summed E-state index contributed by atoms with van der Waals surface area (Å²) in [4.78, 5) is 4.15. The zero-order valence-electron chi connectivity index (χ0n) is 8.46. The van der Waals surface area contributed by atoms with Crippen LogP contribution in [-0.4, -0.2) is 4.98 Å². The molecule has 0 bridgehead atoms. The van der Waals surface area contributed by atoms with E-state index in [1.165, 1.54) is 24.8 Å². The highest BCUT2D eigenvalue weighted by molar-refractivity contribution is 5.12. The molecule has 0 radical (unpaired) electrons. The molecule has 13 heavy (non-hydrogen) atoms. The minimum Gasteiger partial charge on any atom is -0.264 e. The number of pyridine rings is 1. The third kappa shape index (κ3) is 1.60. The molecule has 1 aromatic heterocycles. The lowest BCUT2D eigenvalue weighted by molar-refractivity contribution is 0.0662. The summed E-state index contributed by atoms with van der Waals surface area (Å²) in [7, 11) is 0. The lowest BCUT2D eigenvalue weighted by Gasteiger charge is -2.45. The SMILES string of the molecule is CC1CCC1(C)Cc1cccnc1. The van der Waals surface area contributed by atoms with Crippen LogP contribution in [0.4, 0.5) is 0 Å². The quantitative estimate of drug-likeness (QED) is 0.673. The number of rotatable bonds is 2. The van der Waals surface area contributed by atoms with Gasteiger partial charge in [-0.3, -0.25) is 4.98 Å². The summed E-state index contributed by atoms with van der Waals surface area (Å²) in [6.07, 6.45) is 7.81. The summed E-state index contributed by atoms with van der Waals surface area (Å²) in [6.45, 7) is 4.76. The second-order valence-corrected chi connectivity index (χ2v) is 4.63. The fourth-order valence-electron chi connectivity index (χ4n) is 2.16. The third-order valence-corrected chi connectivity index (χ3v) is 3.67. The predicted octanol–water partition coefficient (Wildman–Crippen LogP) is 3.06. The lowest BCUT2D eigenvalue weighted by Crippen LogP contribution is -2.37. The minimum absolute atomic E-state index is 0.545. The van der Waals surface area contributed by atoms with Crippen LogP contribution in [0.15, 0.2) is 24.5 Å². The van der Waals surface area contributed by atoms with Crippen LogP contribution in [-0.2, 0) is 6.42 Å². The van der Waals surface area contributed by atoms with Gasteiger partial charge >= 0.3 is 0 Å². The van der Waals surface area contributed by atoms with Crippen molar-refractivity contribution in [3.63, 3.8) is 0 Å². The highest BCUT2D eigenvalue weighted by atomic mass is 14.6. The molecule has 2 atom stereocenters. The van der Waals surface area contributed by atoms with E-state index in [0.29, 0.717) is 5.41 Å². The van der Waals surface area contributed by atoms with Crippen LogP contribution >= 0.6 is 0 Å². The van der Waals surface area contributed by atoms with Crippen LogP contribution in [0, 0.1) is 11.3 Å². The van der Waals surface area contributed by atoms with Crippen LogP contribution < -0.4 is 0 Å². The van der Waals surface area contributed by atoms with E-state index < -0.39 is 0 Å². The highest BCUT2D eigenvalue weighted by Gasteiger charge is 2.39. The summed E-state index contributed by atoms with van der Waals surface area (Å²) < 4.78 is 0. The molecule has 0 N–H and O–H groups in total. The number of hydrogen-bond donors (Lipinski definition) is 0. The number of hydrogen-bond acceptors (Lipinski definition) is 1. The van der Waals surface area contributed by atoms with E-state index in [1.54, 1.807) is 0 Å². The second-order valence-electron chi connectivity index (χ2n) is 4.63. The zero-order chi connectivity index (χ0) is 9.31. The van der Waals surface area contributed by atoms with Gasteiger partial charge in [-0.1, -0.05) is 19.9 Å². The molecule has 0 aliphatic heterocycles. The molecule has 1 aliphatic carbocycles. The van der Waals surface area contributed by atoms with Crippen LogP contribution in [0.25, 0.3) is 0 Å². The van der Waals surface area contributed by atoms with Gasteiger partial charge in [0.15, 0.2) is 0 Å². The fourth-order valence-corrected chi connectivity index (χ4v) is 2.16. The Morgan fingerprint density at radius 1 is 1.62 bits per heavy atom. The molecule has 1 saturated carbocycles. The monoisotopic (exact) mass is 175 g/mol. The molecular formula is C12H17N. The smallest absolute Gasteiger partial charge is 0.0300 e. The van der Waals surface area contributed by atoms with Crippen molar-refractivity contribution in [3.8, 4) is 0 Å². The maximum atomic E-state index is 4.15. The van der Waals surface area contributed by atoms with Crippen molar-refractivity contribution in [1.29, 1.82) is 0 Å². The van der Waals surface area contributed by atoms with Gasteiger partial charge in [-0.2, -0.15) is 0 Å².